The number of nitrogens with one attached hydrogen (secondary N) is 1. The van der Waals surface area contributed by atoms with E-state index in [1.807, 2.05) is 6.07 Å². The Balaban J connectivity index is 1.98. The normalized spacial score (nSPS) is 23.8. The summed E-state index contributed by atoms with van der Waals surface area (Å²) < 4.78 is 0. The zero-order valence-electron chi connectivity index (χ0n) is 13.1. The van der Waals surface area contributed by atoms with Gasteiger partial charge in [-0.2, -0.15) is 0 Å². The Labute approximate surface area is 127 Å². The van der Waals surface area contributed by atoms with E-state index < -0.39 is 6.04 Å². The van der Waals surface area contributed by atoms with Crippen LogP contribution in [0.4, 0.5) is 0 Å². The van der Waals surface area contributed by atoms with Crippen molar-refractivity contribution in [2.45, 2.75) is 57.3 Å². The van der Waals surface area contributed by atoms with Gasteiger partial charge in [0.05, 0.1) is 6.04 Å². The average molecular weight is 289 g/mol. The standard InChI is InChI=1S/C17H27N3O/c1-13(18)17(21)19-15-10-6-7-11-16(15)20(2)12-14-8-4-3-5-9-14/h3-5,8-9,13,15-16H,6-7,10-12,18H2,1-2H3,(H,19,21)/t13-,15?,16?/m0/s1. The summed E-state index contributed by atoms with van der Waals surface area (Å²) in [5, 5.41) is 3.13. The first-order valence-corrected chi connectivity index (χ1v) is 7.88. The SMILES string of the molecule is C[C@H](N)C(=O)NC1CCCCC1N(C)Cc1ccccc1. The molecule has 4 nitrogen and oxygen atoms in total. The maximum atomic E-state index is 11.9. The Kier molecular flexibility index (Phi) is 5.76. The molecule has 1 aromatic rings. The van der Waals surface area contributed by atoms with Gasteiger partial charge in [0.1, 0.15) is 0 Å². The van der Waals surface area contributed by atoms with Crippen molar-refractivity contribution >= 4 is 5.91 Å². The molecule has 0 aromatic heterocycles. The van der Waals surface area contributed by atoms with Gasteiger partial charge in [-0.05, 0) is 32.4 Å². The van der Waals surface area contributed by atoms with Crippen molar-refractivity contribution in [2.75, 3.05) is 7.05 Å². The molecule has 0 heterocycles. The largest absolute Gasteiger partial charge is 0.350 e. The van der Waals surface area contributed by atoms with Gasteiger partial charge in [0, 0.05) is 18.6 Å². The highest BCUT2D eigenvalue weighted by Gasteiger charge is 2.29. The van der Waals surface area contributed by atoms with Crippen LogP contribution in [0.1, 0.15) is 38.2 Å². The zero-order chi connectivity index (χ0) is 15.2. The first-order chi connectivity index (χ1) is 10.1. The molecule has 1 aliphatic rings. The van der Waals surface area contributed by atoms with E-state index in [-0.39, 0.29) is 11.9 Å². The summed E-state index contributed by atoms with van der Waals surface area (Å²) in [6.45, 7) is 2.65. The second-order valence-corrected chi connectivity index (χ2v) is 6.16. The summed E-state index contributed by atoms with van der Waals surface area (Å²) in [5.41, 5.74) is 6.98. The van der Waals surface area contributed by atoms with Crippen LogP contribution >= 0.6 is 0 Å². The van der Waals surface area contributed by atoms with Crippen molar-refractivity contribution in [1.82, 2.24) is 10.2 Å². The lowest BCUT2D eigenvalue weighted by Gasteiger charge is -2.38. The number of hydrogen-bond acceptors (Lipinski definition) is 3. The van der Waals surface area contributed by atoms with Gasteiger partial charge in [-0.25, -0.2) is 0 Å². The van der Waals surface area contributed by atoms with Crippen LogP contribution in [0.3, 0.4) is 0 Å². The number of nitrogens with zero attached hydrogens (tertiary/aromatic N) is 1. The lowest BCUT2D eigenvalue weighted by molar-refractivity contribution is -0.123. The average Bonchev–Trinajstić information content (AvgIpc) is 2.48. The first-order valence-electron chi connectivity index (χ1n) is 7.88. The van der Waals surface area contributed by atoms with Gasteiger partial charge in [-0.3, -0.25) is 9.69 Å². The molecule has 2 unspecified atom stereocenters. The minimum absolute atomic E-state index is 0.0417. The van der Waals surface area contributed by atoms with E-state index in [4.69, 9.17) is 5.73 Å². The van der Waals surface area contributed by atoms with Crippen molar-refractivity contribution in [3.63, 3.8) is 0 Å². The van der Waals surface area contributed by atoms with E-state index in [1.165, 1.54) is 18.4 Å². The number of amides is 1. The number of likely N-dealkylation sites (N-methyl/N-ethyl adjacent to an activating group) is 1. The van der Waals surface area contributed by atoms with Crippen LogP contribution in [0.2, 0.25) is 0 Å². The molecule has 116 valence electrons. The van der Waals surface area contributed by atoms with Gasteiger partial charge < -0.3 is 11.1 Å². The van der Waals surface area contributed by atoms with E-state index in [0.29, 0.717) is 6.04 Å². The molecule has 0 radical (unpaired) electrons. The number of benzene rings is 1. The molecule has 1 saturated carbocycles. The van der Waals surface area contributed by atoms with Gasteiger partial charge in [-0.15, -0.1) is 0 Å². The highest BCUT2D eigenvalue weighted by molar-refractivity contribution is 5.81. The van der Waals surface area contributed by atoms with E-state index in [2.05, 4.69) is 41.5 Å². The van der Waals surface area contributed by atoms with Crippen molar-refractivity contribution < 1.29 is 4.79 Å². The molecule has 1 aromatic carbocycles. The fourth-order valence-corrected chi connectivity index (χ4v) is 3.11. The summed E-state index contributed by atoms with van der Waals surface area (Å²) >= 11 is 0. The molecule has 0 bridgehead atoms. The fourth-order valence-electron chi connectivity index (χ4n) is 3.11. The Morgan fingerprint density at radius 3 is 2.67 bits per heavy atom. The zero-order valence-corrected chi connectivity index (χ0v) is 13.1. The maximum absolute atomic E-state index is 11.9. The van der Waals surface area contributed by atoms with Crippen molar-refractivity contribution in [2.24, 2.45) is 5.73 Å². The smallest absolute Gasteiger partial charge is 0.236 e. The molecule has 2 rings (SSSR count). The highest BCUT2D eigenvalue weighted by Crippen LogP contribution is 2.23. The third kappa shape index (κ3) is 4.55. The lowest BCUT2D eigenvalue weighted by Crippen LogP contribution is -2.54. The summed E-state index contributed by atoms with van der Waals surface area (Å²) in [6.07, 6.45) is 4.59. The Morgan fingerprint density at radius 2 is 2.00 bits per heavy atom. The fraction of sp³-hybridized carbons (Fsp3) is 0.588. The molecule has 0 spiro atoms. The molecular weight excluding hydrogens is 262 g/mol. The van der Waals surface area contributed by atoms with Crippen molar-refractivity contribution in [3.8, 4) is 0 Å². The molecule has 1 aliphatic carbocycles. The molecule has 0 saturated heterocycles. The van der Waals surface area contributed by atoms with Crippen LogP contribution in [-0.2, 0) is 11.3 Å². The quantitative estimate of drug-likeness (QED) is 0.870. The monoisotopic (exact) mass is 289 g/mol. The predicted molar refractivity (Wildman–Crippen MR) is 85.7 cm³/mol. The molecule has 4 heteroatoms. The molecular formula is C17H27N3O. The second-order valence-electron chi connectivity index (χ2n) is 6.16. The molecule has 1 amide bonds. The Bertz CT molecular complexity index is 447. The predicted octanol–water partition coefficient (Wildman–Crippen LogP) is 1.89. The highest BCUT2D eigenvalue weighted by atomic mass is 16.2. The summed E-state index contributed by atoms with van der Waals surface area (Å²) in [7, 11) is 2.15. The van der Waals surface area contributed by atoms with Gasteiger partial charge in [0.25, 0.3) is 0 Å². The van der Waals surface area contributed by atoms with Crippen LogP contribution in [-0.4, -0.2) is 36.0 Å². The first kappa shape index (κ1) is 16.0. The summed E-state index contributed by atoms with van der Waals surface area (Å²) in [5.74, 6) is -0.0417. The number of nitrogens with two attached hydrogens (primary N) is 1. The minimum Gasteiger partial charge on any atom is -0.350 e. The summed E-state index contributed by atoms with van der Waals surface area (Å²) in [4.78, 5) is 14.2. The van der Waals surface area contributed by atoms with Crippen LogP contribution < -0.4 is 11.1 Å². The second kappa shape index (κ2) is 7.57. The maximum Gasteiger partial charge on any atom is 0.236 e. The Hall–Kier alpha value is -1.39. The topological polar surface area (TPSA) is 58.4 Å². The van der Waals surface area contributed by atoms with Crippen molar-refractivity contribution in [3.05, 3.63) is 35.9 Å². The van der Waals surface area contributed by atoms with Crippen molar-refractivity contribution in [1.29, 1.82) is 0 Å². The third-order valence-corrected chi connectivity index (χ3v) is 4.31. The van der Waals surface area contributed by atoms with Gasteiger partial charge >= 0.3 is 0 Å². The van der Waals surface area contributed by atoms with E-state index in [1.54, 1.807) is 6.92 Å². The van der Waals surface area contributed by atoms with Crippen LogP contribution in [0.15, 0.2) is 30.3 Å². The lowest BCUT2D eigenvalue weighted by atomic mass is 9.89. The number of hydrogen-bond donors (Lipinski definition) is 2. The Morgan fingerprint density at radius 1 is 1.33 bits per heavy atom. The number of carbonyl (C=O) groups is 1. The number of rotatable bonds is 5. The van der Waals surface area contributed by atoms with E-state index >= 15 is 0 Å². The molecule has 3 atom stereocenters. The van der Waals surface area contributed by atoms with Crippen LogP contribution in [0.5, 0.6) is 0 Å². The van der Waals surface area contributed by atoms with Crippen LogP contribution in [0, 0.1) is 0 Å². The molecule has 21 heavy (non-hydrogen) atoms. The third-order valence-electron chi connectivity index (χ3n) is 4.31. The van der Waals surface area contributed by atoms with E-state index in [0.717, 1.165) is 19.4 Å². The van der Waals surface area contributed by atoms with E-state index in [9.17, 15) is 4.79 Å². The summed E-state index contributed by atoms with van der Waals surface area (Å²) in [6, 6.07) is 10.6. The van der Waals surface area contributed by atoms with Crippen LogP contribution in [0.25, 0.3) is 0 Å². The molecule has 0 aliphatic heterocycles. The van der Waals surface area contributed by atoms with Gasteiger partial charge in [0.15, 0.2) is 0 Å². The van der Waals surface area contributed by atoms with Gasteiger partial charge in [0.2, 0.25) is 5.91 Å². The minimum atomic E-state index is -0.438. The number of carbonyl (C=O) groups excluding carboxylic acids is 1. The molecule has 3 N–H and O–H groups in total. The van der Waals surface area contributed by atoms with Gasteiger partial charge in [-0.1, -0.05) is 43.2 Å². The molecule has 1 fully saturated rings.